The first-order chi connectivity index (χ1) is 8.49. The molecule has 0 spiro atoms. The van der Waals surface area contributed by atoms with E-state index in [4.69, 9.17) is 14.6 Å². The maximum atomic E-state index is 11.6. The summed E-state index contributed by atoms with van der Waals surface area (Å²) < 4.78 is 10.2. The van der Waals surface area contributed by atoms with Gasteiger partial charge in [0.2, 0.25) is 5.91 Å². The van der Waals surface area contributed by atoms with Crippen LogP contribution >= 0.6 is 0 Å². The van der Waals surface area contributed by atoms with Crippen LogP contribution in [0.5, 0.6) is 11.5 Å². The summed E-state index contributed by atoms with van der Waals surface area (Å²) in [7, 11) is 4.50. The van der Waals surface area contributed by atoms with Crippen LogP contribution in [0.15, 0.2) is 18.2 Å². The van der Waals surface area contributed by atoms with E-state index < -0.39 is 18.3 Å². The van der Waals surface area contributed by atoms with Crippen molar-refractivity contribution in [2.75, 3.05) is 26.2 Å². The molecule has 1 aromatic rings. The first kappa shape index (κ1) is 13.8. The van der Waals surface area contributed by atoms with Crippen LogP contribution in [0.25, 0.3) is 0 Å². The second-order valence-corrected chi connectivity index (χ2v) is 3.56. The number of methoxy groups -OCH3 is 2. The van der Waals surface area contributed by atoms with Crippen LogP contribution in [-0.4, -0.2) is 38.3 Å². The highest BCUT2D eigenvalue weighted by atomic mass is 16.5. The molecular weight excluding hydrogens is 238 g/mol. The van der Waals surface area contributed by atoms with Gasteiger partial charge < -0.3 is 19.5 Å². The summed E-state index contributed by atoms with van der Waals surface area (Å²) >= 11 is 0. The summed E-state index contributed by atoms with van der Waals surface area (Å²) in [5, 5.41) is 8.57. The highest BCUT2D eigenvalue weighted by Crippen LogP contribution is 2.31. The number of amides is 1. The zero-order chi connectivity index (χ0) is 13.7. The van der Waals surface area contributed by atoms with Gasteiger partial charge in [0.15, 0.2) is 11.5 Å². The second-order valence-electron chi connectivity index (χ2n) is 3.56. The maximum Gasteiger partial charge on any atom is 0.312 e. The Morgan fingerprint density at radius 2 is 1.83 bits per heavy atom. The molecule has 0 aromatic heterocycles. The molecule has 98 valence electrons. The number of carbonyl (C=O) groups is 2. The Bertz CT molecular complexity index is 458. The van der Waals surface area contributed by atoms with E-state index in [1.165, 1.54) is 26.2 Å². The van der Waals surface area contributed by atoms with Gasteiger partial charge in [-0.1, -0.05) is 0 Å². The fourth-order valence-corrected chi connectivity index (χ4v) is 1.43. The highest BCUT2D eigenvalue weighted by molar-refractivity contribution is 6.02. The van der Waals surface area contributed by atoms with Crippen LogP contribution in [-0.2, 0) is 9.59 Å². The van der Waals surface area contributed by atoms with Crippen LogP contribution < -0.4 is 14.4 Å². The number of hydrogen-bond donors (Lipinski definition) is 1. The first-order valence-electron chi connectivity index (χ1n) is 5.20. The number of ether oxygens (including phenoxy) is 2. The predicted molar refractivity (Wildman–Crippen MR) is 65.2 cm³/mol. The van der Waals surface area contributed by atoms with Gasteiger partial charge in [0.1, 0.15) is 6.42 Å². The van der Waals surface area contributed by atoms with Crippen molar-refractivity contribution >= 4 is 17.6 Å². The normalized spacial score (nSPS) is 9.72. The fraction of sp³-hybridized carbons (Fsp3) is 0.333. The van der Waals surface area contributed by atoms with Crippen LogP contribution in [0.4, 0.5) is 5.69 Å². The lowest BCUT2D eigenvalue weighted by molar-refractivity contribution is -0.140. The average molecular weight is 253 g/mol. The Kier molecular flexibility index (Phi) is 4.53. The summed E-state index contributed by atoms with van der Waals surface area (Å²) in [6.45, 7) is 0. The maximum absolute atomic E-state index is 11.6. The number of carboxylic acid groups (broad SMARTS) is 1. The van der Waals surface area contributed by atoms with Crippen LogP contribution in [0, 0.1) is 0 Å². The lowest BCUT2D eigenvalue weighted by atomic mass is 10.2. The van der Waals surface area contributed by atoms with E-state index in [-0.39, 0.29) is 0 Å². The number of hydrogen-bond acceptors (Lipinski definition) is 4. The van der Waals surface area contributed by atoms with Crippen molar-refractivity contribution < 1.29 is 24.2 Å². The molecule has 0 atom stereocenters. The summed E-state index contributed by atoms with van der Waals surface area (Å²) in [6.07, 6.45) is -0.551. The number of benzene rings is 1. The molecule has 0 heterocycles. The SMILES string of the molecule is COc1ccc(N(C)C(=O)CC(=O)O)cc1OC. The fourth-order valence-electron chi connectivity index (χ4n) is 1.43. The number of carbonyl (C=O) groups excluding carboxylic acids is 1. The molecule has 6 nitrogen and oxygen atoms in total. The molecule has 0 saturated heterocycles. The van der Waals surface area contributed by atoms with E-state index in [1.807, 2.05) is 0 Å². The molecule has 0 aliphatic carbocycles. The molecule has 18 heavy (non-hydrogen) atoms. The number of anilines is 1. The molecule has 0 saturated carbocycles. The van der Waals surface area contributed by atoms with Crippen molar-refractivity contribution in [1.82, 2.24) is 0 Å². The molecule has 0 bridgehead atoms. The smallest absolute Gasteiger partial charge is 0.312 e. The Labute approximate surface area is 105 Å². The third-order valence-corrected chi connectivity index (χ3v) is 2.43. The second kappa shape index (κ2) is 5.90. The van der Waals surface area contributed by atoms with E-state index in [0.717, 1.165) is 0 Å². The third kappa shape index (κ3) is 3.13. The summed E-state index contributed by atoms with van der Waals surface area (Å²) in [6, 6.07) is 4.92. The van der Waals surface area contributed by atoms with Crippen molar-refractivity contribution in [3.05, 3.63) is 18.2 Å². The van der Waals surface area contributed by atoms with Crippen LogP contribution in [0.1, 0.15) is 6.42 Å². The van der Waals surface area contributed by atoms with Gasteiger partial charge >= 0.3 is 5.97 Å². The number of carboxylic acids is 1. The quantitative estimate of drug-likeness (QED) is 0.796. The monoisotopic (exact) mass is 253 g/mol. The zero-order valence-electron chi connectivity index (χ0n) is 10.5. The first-order valence-corrected chi connectivity index (χ1v) is 5.20. The molecule has 1 rings (SSSR count). The number of rotatable bonds is 5. The molecular formula is C12H15NO5. The van der Waals surface area contributed by atoms with Gasteiger partial charge in [-0.25, -0.2) is 0 Å². The zero-order valence-corrected chi connectivity index (χ0v) is 10.5. The van der Waals surface area contributed by atoms with Gasteiger partial charge in [-0.15, -0.1) is 0 Å². The van der Waals surface area contributed by atoms with Crippen molar-refractivity contribution in [3.63, 3.8) is 0 Å². The average Bonchev–Trinajstić information content (AvgIpc) is 2.36. The number of nitrogens with zero attached hydrogens (tertiary/aromatic N) is 1. The molecule has 1 amide bonds. The van der Waals surface area contributed by atoms with Gasteiger partial charge in [0.25, 0.3) is 0 Å². The lowest BCUT2D eigenvalue weighted by Gasteiger charge is -2.18. The van der Waals surface area contributed by atoms with Crippen molar-refractivity contribution in [3.8, 4) is 11.5 Å². The predicted octanol–water partition coefficient (Wildman–Crippen LogP) is 1.14. The van der Waals surface area contributed by atoms with Crippen molar-refractivity contribution in [1.29, 1.82) is 0 Å². The van der Waals surface area contributed by atoms with Crippen LogP contribution in [0.2, 0.25) is 0 Å². The highest BCUT2D eigenvalue weighted by Gasteiger charge is 2.16. The Balaban J connectivity index is 2.96. The van der Waals surface area contributed by atoms with Gasteiger partial charge in [-0.2, -0.15) is 0 Å². The summed E-state index contributed by atoms with van der Waals surface area (Å²) in [5.41, 5.74) is 0.541. The minimum atomic E-state index is -1.16. The molecule has 0 unspecified atom stereocenters. The van der Waals surface area contributed by atoms with Gasteiger partial charge in [-0.3, -0.25) is 9.59 Å². The molecule has 0 aliphatic rings. The standard InChI is InChI=1S/C12H15NO5/c1-13(11(14)7-12(15)16)8-4-5-9(17-2)10(6-8)18-3/h4-6H,7H2,1-3H3,(H,15,16). The molecule has 1 aromatic carbocycles. The topological polar surface area (TPSA) is 76.1 Å². The largest absolute Gasteiger partial charge is 0.493 e. The molecule has 1 N–H and O–H groups in total. The van der Waals surface area contributed by atoms with Crippen molar-refractivity contribution in [2.24, 2.45) is 0 Å². The van der Waals surface area contributed by atoms with E-state index in [0.29, 0.717) is 17.2 Å². The minimum Gasteiger partial charge on any atom is -0.493 e. The summed E-state index contributed by atoms with van der Waals surface area (Å²) in [5.74, 6) is -0.646. The molecule has 0 fully saturated rings. The van der Waals surface area contributed by atoms with E-state index in [9.17, 15) is 9.59 Å². The molecule has 0 radical (unpaired) electrons. The Morgan fingerprint density at radius 1 is 1.22 bits per heavy atom. The Morgan fingerprint density at radius 3 is 2.33 bits per heavy atom. The number of aliphatic carboxylic acids is 1. The van der Waals surface area contributed by atoms with E-state index in [1.54, 1.807) is 18.2 Å². The molecule has 6 heteroatoms. The lowest BCUT2D eigenvalue weighted by Crippen LogP contribution is -2.28. The van der Waals surface area contributed by atoms with E-state index >= 15 is 0 Å². The van der Waals surface area contributed by atoms with Crippen molar-refractivity contribution in [2.45, 2.75) is 6.42 Å². The van der Waals surface area contributed by atoms with E-state index in [2.05, 4.69) is 0 Å². The van der Waals surface area contributed by atoms with Gasteiger partial charge in [-0.05, 0) is 12.1 Å². The van der Waals surface area contributed by atoms with Crippen LogP contribution in [0.3, 0.4) is 0 Å². The van der Waals surface area contributed by atoms with Gasteiger partial charge in [0, 0.05) is 18.8 Å². The Hall–Kier alpha value is -2.24. The molecule has 0 aliphatic heterocycles. The summed E-state index contributed by atoms with van der Waals surface area (Å²) in [4.78, 5) is 23.3. The third-order valence-electron chi connectivity index (χ3n) is 2.43. The minimum absolute atomic E-state index is 0.477. The van der Waals surface area contributed by atoms with Gasteiger partial charge in [0.05, 0.1) is 14.2 Å².